The van der Waals surface area contributed by atoms with Gasteiger partial charge in [0.2, 0.25) is 0 Å². The van der Waals surface area contributed by atoms with E-state index in [9.17, 15) is 15.2 Å². The van der Waals surface area contributed by atoms with Crippen LogP contribution in [0, 0.1) is 16.0 Å². The van der Waals surface area contributed by atoms with Crippen LogP contribution in [0.5, 0.6) is 0 Å². The number of rotatable bonds is 5. The SMILES string of the molecule is CC(Cc1ccc(Cl)cc1[N+](=O)[O-])C(O)c1ccccc1. The number of hydrogen-bond donors (Lipinski definition) is 1. The van der Waals surface area contributed by atoms with Crippen molar-refractivity contribution in [1.82, 2.24) is 0 Å². The van der Waals surface area contributed by atoms with Crippen LogP contribution in [0.15, 0.2) is 48.5 Å². The second-order valence-corrected chi connectivity index (χ2v) is 5.50. The predicted octanol–water partition coefficient (Wildman–Crippen LogP) is 4.16. The lowest BCUT2D eigenvalue weighted by Gasteiger charge is -2.19. The molecule has 0 spiro atoms. The summed E-state index contributed by atoms with van der Waals surface area (Å²) in [6.07, 6.45) is -0.259. The summed E-state index contributed by atoms with van der Waals surface area (Å²) in [7, 11) is 0. The zero-order valence-electron chi connectivity index (χ0n) is 11.6. The van der Waals surface area contributed by atoms with Gasteiger partial charge in [-0.3, -0.25) is 10.1 Å². The molecule has 2 aromatic carbocycles. The van der Waals surface area contributed by atoms with Gasteiger partial charge in [-0.15, -0.1) is 0 Å². The van der Waals surface area contributed by atoms with Gasteiger partial charge in [-0.2, -0.15) is 0 Å². The average Bonchev–Trinajstić information content (AvgIpc) is 2.49. The van der Waals surface area contributed by atoms with E-state index in [1.165, 1.54) is 6.07 Å². The van der Waals surface area contributed by atoms with Crippen LogP contribution in [-0.4, -0.2) is 10.0 Å². The molecule has 0 bridgehead atoms. The zero-order valence-corrected chi connectivity index (χ0v) is 12.3. The van der Waals surface area contributed by atoms with Gasteiger partial charge in [-0.25, -0.2) is 0 Å². The minimum absolute atomic E-state index is 0.00499. The summed E-state index contributed by atoms with van der Waals surface area (Å²) in [6, 6.07) is 13.9. The Bertz CT molecular complexity index is 631. The molecule has 0 saturated heterocycles. The molecule has 2 unspecified atom stereocenters. The molecule has 0 aliphatic heterocycles. The minimum atomic E-state index is -0.665. The molecule has 4 nitrogen and oxygen atoms in total. The van der Waals surface area contributed by atoms with Crippen molar-refractivity contribution < 1.29 is 10.0 Å². The highest BCUT2D eigenvalue weighted by atomic mass is 35.5. The van der Waals surface area contributed by atoms with Crippen LogP contribution in [0.4, 0.5) is 5.69 Å². The molecule has 110 valence electrons. The molecule has 1 N–H and O–H groups in total. The molecule has 0 aliphatic rings. The van der Waals surface area contributed by atoms with E-state index >= 15 is 0 Å². The first-order chi connectivity index (χ1) is 9.99. The van der Waals surface area contributed by atoms with E-state index in [2.05, 4.69) is 0 Å². The number of aliphatic hydroxyl groups is 1. The van der Waals surface area contributed by atoms with Gasteiger partial charge in [0.15, 0.2) is 0 Å². The van der Waals surface area contributed by atoms with Crippen LogP contribution < -0.4 is 0 Å². The third kappa shape index (κ3) is 3.80. The van der Waals surface area contributed by atoms with E-state index < -0.39 is 11.0 Å². The smallest absolute Gasteiger partial charge is 0.274 e. The molecule has 0 amide bonds. The largest absolute Gasteiger partial charge is 0.388 e. The van der Waals surface area contributed by atoms with Gasteiger partial charge in [0.25, 0.3) is 5.69 Å². The van der Waals surface area contributed by atoms with Gasteiger partial charge in [-0.05, 0) is 24.0 Å². The first kappa shape index (κ1) is 15.5. The summed E-state index contributed by atoms with van der Waals surface area (Å²) >= 11 is 5.80. The van der Waals surface area contributed by atoms with Crippen molar-refractivity contribution in [2.75, 3.05) is 0 Å². The van der Waals surface area contributed by atoms with Crippen LogP contribution in [0.2, 0.25) is 5.02 Å². The lowest BCUT2D eigenvalue weighted by atomic mass is 9.91. The second kappa shape index (κ2) is 6.70. The molecule has 0 saturated carbocycles. The lowest BCUT2D eigenvalue weighted by Crippen LogP contribution is -2.12. The molecule has 2 rings (SSSR count). The number of benzene rings is 2. The van der Waals surface area contributed by atoms with Gasteiger partial charge in [0.05, 0.1) is 11.0 Å². The van der Waals surface area contributed by atoms with E-state index in [0.717, 1.165) is 5.56 Å². The summed E-state index contributed by atoms with van der Waals surface area (Å²) in [5.41, 5.74) is 1.38. The second-order valence-electron chi connectivity index (χ2n) is 5.07. The first-order valence-electron chi connectivity index (χ1n) is 6.65. The summed E-state index contributed by atoms with van der Waals surface area (Å²) in [5.74, 6) is -0.146. The Labute approximate surface area is 128 Å². The Morgan fingerprint density at radius 2 is 1.90 bits per heavy atom. The Kier molecular flexibility index (Phi) is 4.94. The maximum Gasteiger partial charge on any atom is 0.274 e. The van der Waals surface area contributed by atoms with Crippen molar-refractivity contribution in [3.05, 3.63) is 74.8 Å². The molecule has 0 radical (unpaired) electrons. The summed E-state index contributed by atoms with van der Waals surface area (Å²) in [4.78, 5) is 10.6. The van der Waals surface area contributed by atoms with Crippen molar-refractivity contribution in [3.8, 4) is 0 Å². The Hall–Kier alpha value is -1.91. The van der Waals surface area contributed by atoms with Crippen molar-refractivity contribution in [1.29, 1.82) is 0 Å². The van der Waals surface area contributed by atoms with Crippen molar-refractivity contribution >= 4 is 17.3 Å². The highest BCUT2D eigenvalue weighted by Gasteiger charge is 2.21. The van der Waals surface area contributed by atoms with Crippen molar-refractivity contribution in [2.24, 2.45) is 5.92 Å². The summed E-state index contributed by atoms with van der Waals surface area (Å²) in [6.45, 7) is 1.87. The maximum atomic E-state index is 11.1. The summed E-state index contributed by atoms with van der Waals surface area (Å²) in [5, 5.41) is 21.8. The molecule has 21 heavy (non-hydrogen) atoms. The molecular weight excluding hydrogens is 290 g/mol. The number of hydrogen-bond acceptors (Lipinski definition) is 3. The standard InChI is InChI=1S/C16H16ClNO3/c1-11(16(19)12-5-3-2-4-6-12)9-13-7-8-14(17)10-15(13)18(20)21/h2-8,10-11,16,19H,9H2,1H3. The fourth-order valence-corrected chi connectivity index (χ4v) is 2.48. The highest BCUT2D eigenvalue weighted by Crippen LogP contribution is 2.30. The normalized spacial score (nSPS) is 13.7. The minimum Gasteiger partial charge on any atom is -0.388 e. The molecule has 0 aromatic heterocycles. The van der Waals surface area contributed by atoms with E-state index in [1.54, 1.807) is 12.1 Å². The molecular formula is C16H16ClNO3. The highest BCUT2D eigenvalue weighted by molar-refractivity contribution is 6.30. The average molecular weight is 306 g/mol. The molecule has 2 aromatic rings. The number of aliphatic hydroxyl groups excluding tert-OH is 1. The topological polar surface area (TPSA) is 63.4 Å². The molecule has 5 heteroatoms. The number of nitrogens with zero attached hydrogens (tertiary/aromatic N) is 1. The molecule has 0 fully saturated rings. The fourth-order valence-electron chi connectivity index (χ4n) is 2.32. The summed E-state index contributed by atoms with van der Waals surface area (Å²) < 4.78 is 0. The van der Waals surface area contributed by atoms with Crippen LogP contribution in [0.1, 0.15) is 24.2 Å². The molecule has 0 heterocycles. The van der Waals surface area contributed by atoms with Gasteiger partial charge < -0.3 is 5.11 Å². The van der Waals surface area contributed by atoms with Crippen molar-refractivity contribution in [3.63, 3.8) is 0 Å². The zero-order chi connectivity index (χ0) is 15.4. The number of nitro groups is 1. The Morgan fingerprint density at radius 3 is 2.52 bits per heavy atom. The van der Waals surface area contributed by atoms with E-state index in [1.807, 2.05) is 37.3 Å². The number of nitro benzene ring substituents is 1. The third-order valence-electron chi connectivity index (χ3n) is 3.47. The van der Waals surface area contributed by atoms with Crippen LogP contribution in [-0.2, 0) is 6.42 Å². The quantitative estimate of drug-likeness (QED) is 0.666. The first-order valence-corrected chi connectivity index (χ1v) is 7.02. The molecule has 0 aliphatic carbocycles. The fraction of sp³-hybridized carbons (Fsp3) is 0.250. The van der Waals surface area contributed by atoms with Gasteiger partial charge in [-0.1, -0.05) is 54.9 Å². The third-order valence-corrected chi connectivity index (χ3v) is 3.70. The lowest BCUT2D eigenvalue weighted by molar-refractivity contribution is -0.385. The van der Waals surface area contributed by atoms with Gasteiger partial charge in [0, 0.05) is 16.7 Å². The maximum absolute atomic E-state index is 11.1. The van der Waals surface area contributed by atoms with Gasteiger partial charge >= 0.3 is 0 Å². The Morgan fingerprint density at radius 1 is 1.24 bits per heavy atom. The van der Waals surface area contributed by atoms with Crippen LogP contribution in [0.25, 0.3) is 0 Å². The van der Waals surface area contributed by atoms with E-state index in [-0.39, 0.29) is 11.6 Å². The van der Waals surface area contributed by atoms with E-state index in [0.29, 0.717) is 17.0 Å². The van der Waals surface area contributed by atoms with Crippen LogP contribution >= 0.6 is 11.6 Å². The van der Waals surface area contributed by atoms with Crippen LogP contribution in [0.3, 0.4) is 0 Å². The van der Waals surface area contributed by atoms with Crippen molar-refractivity contribution in [2.45, 2.75) is 19.4 Å². The van der Waals surface area contributed by atoms with Gasteiger partial charge in [0.1, 0.15) is 0 Å². The molecule has 2 atom stereocenters. The number of halogens is 1. The Balaban J connectivity index is 2.20. The predicted molar refractivity (Wildman–Crippen MR) is 82.4 cm³/mol. The van der Waals surface area contributed by atoms with E-state index in [4.69, 9.17) is 11.6 Å². The monoisotopic (exact) mass is 305 g/mol.